The number of hydrogen-bond donors (Lipinski definition) is 1. The van der Waals surface area contributed by atoms with Crippen molar-refractivity contribution in [2.75, 3.05) is 26.2 Å². The predicted molar refractivity (Wildman–Crippen MR) is 77.4 cm³/mol. The second-order valence-corrected chi connectivity index (χ2v) is 8.54. The Labute approximate surface area is 122 Å². The minimum atomic E-state index is -3.39. The standard InChI is InChI=1S/C14H26N2O3S/c17-11-14-3-1-2-8-16(14)20(18,19)15(9-12-4-5-12)10-13-6-7-13/h12-14,17H,1-11H2. The van der Waals surface area contributed by atoms with Crippen LogP contribution >= 0.6 is 0 Å². The molecule has 0 aromatic heterocycles. The van der Waals surface area contributed by atoms with Gasteiger partial charge in [-0.15, -0.1) is 0 Å². The fourth-order valence-corrected chi connectivity index (χ4v) is 5.05. The van der Waals surface area contributed by atoms with Crippen LogP contribution in [0.4, 0.5) is 0 Å². The number of hydrogen-bond acceptors (Lipinski definition) is 3. The lowest BCUT2D eigenvalue weighted by Crippen LogP contribution is -2.52. The quantitative estimate of drug-likeness (QED) is 0.769. The van der Waals surface area contributed by atoms with Crippen molar-refractivity contribution in [2.45, 2.75) is 51.0 Å². The number of nitrogens with zero attached hydrogens (tertiary/aromatic N) is 2. The van der Waals surface area contributed by atoms with E-state index < -0.39 is 10.2 Å². The molecule has 5 nitrogen and oxygen atoms in total. The van der Waals surface area contributed by atoms with E-state index in [1.54, 1.807) is 8.61 Å². The first-order valence-electron chi connectivity index (χ1n) is 7.99. The van der Waals surface area contributed by atoms with Gasteiger partial charge < -0.3 is 5.11 Å². The lowest BCUT2D eigenvalue weighted by molar-refractivity contribution is 0.147. The number of aliphatic hydroxyl groups is 1. The molecule has 1 heterocycles. The van der Waals surface area contributed by atoms with Crippen molar-refractivity contribution in [3.05, 3.63) is 0 Å². The molecule has 3 fully saturated rings. The van der Waals surface area contributed by atoms with Crippen LogP contribution in [0.3, 0.4) is 0 Å². The zero-order chi connectivity index (χ0) is 14.2. The van der Waals surface area contributed by atoms with Crippen LogP contribution in [-0.4, -0.2) is 54.4 Å². The Hall–Kier alpha value is -0.170. The van der Waals surface area contributed by atoms with Crippen LogP contribution < -0.4 is 0 Å². The summed E-state index contributed by atoms with van der Waals surface area (Å²) in [5, 5.41) is 9.47. The van der Waals surface area contributed by atoms with Gasteiger partial charge in [-0.2, -0.15) is 17.0 Å². The number of piperidine rings is 1. The summed E-state index contributed by atoms with van der Waals surface area (Å²) in [6.07, 6.45) is 7.38. The minimum absolute atomic E-state index is 0.0556. The Bertz CT molecular complexity index is 418. The molecular formula is C14H26N2O3S. The van der Waals surface area contributed by atoms with Crippen molar-refractivity contribution in [1.82, 2.24) is 8.61 Å². The molecule has 1 unspecified atom stereocenters. The highest BCUT2D eigenvalue weighted by atomic mass is 32.2. The van der Waals surface area contributed by atoms with Crippen LogP contribution in [0.1, 0.15) is 44.9 Å². The van der Waals surface area contributed by atoms with Gasteiger partial charge in [0, 0.05) is 25.7 Å². The molecule has 0 bridgehead atoms. The molecule has 3 aliphatic rings. The van der Waals surface area contributed by atoms with E-state index >= 15 is 0 Å². The van der Waals surface area contributed by atoms with Crippen LogP contribution in [0.25, 0.3) is 0 Å². The maximum absolute atomic E-state index is 12.9. The van der Waals surface area contributed by atoms with Crippen molar-refractivity contribution in [2.24, 2.45) is 11.8 Å². The summed E-state index contributed by atoms with van der Waals surface area (Å²) in [4.78, 5) is 0. The first-order valence-corrected chi connectivity index (χ1v) is 9.38. The molecular weight excluding hydrogens is 276 g/mol. The van der Waals surface area contributed by atoms with Crippen molar-refractivity contribution in [1.29, 1.82) is 0 Å². The molecule has 1 atom stereocenters. The SMILES string of the molecule is O=S(=O)(N(CC1CC1)CC1CC1)N1CCCCC1CO. The van der Waals surface area contributed by atoms with Gasteiger partial charge >= 0.3 is 0 Å². The molecule has 1 N–H and O–H groups in total. The fraction of sp³-hybridized carbons (Fsp3) is 1.00. The topological polar surface area (TPSA) is 60.9 Å². The fourth-order valence-electron chi connectivity index (χ4n) is 3.05. The predicted octanol–water partition coefficient (Wildman–Crippen LogP) is 1.20. The van der Waals surface area contributed by atoms with Gasteiger partial charge in [0.25, 0.3) is 10.2 Å². The van der Waals surface area contributed by atoms with Crippen molar-refractivity contribution in [3.8, 4) is 0 Å². The van der Waals surface area contributed by atoms with E-state index in [0.717, 1.165) is 19.3 Å². The normalized spacial score (nSPS) is 29.0. The third kappa shape index (κ3) is 3.35. The maximum Gasteiger partial charge on any atom is 0.282 e. The van der Waals surface area contributed by atoms with Crippen LogP contribution in [0.2, 0.25) is 0 Å². The summed E-state index contributed by atoms with van der Waals surface area (Å²) in [5.74, 6) is 1.14. The zero-order valence-corrected chi connectivity index (χ0v) is 12.9. The van der Waals surface area contributed by atoms with E-state index in [9.17, 15) is 13.5 Å². The first kappa shape index (κ1) is 14.8. The highest BCUT2D eigenvalue weighted by Crippen LogP contribution is 2.36. The number of aliphatic hydroxyl groups excluding tert-OH is 1. The summed E-state index contributed by atoms with van der Waals surface area (Å²) in [6, 6.07) is -0.213. The molecule has 0 radical (unpaired) electrons. The summed E-state index contributed by atoms with van der Waals surface area (Å²) in [5.41, 5.74) is 0. The second kappa shape index (κ2) is 5.91. The number of rotatable bonds is 7. The van der Waals surface area contributed by atoms with Gasteiger partial charge in [-0.05, 0) is 50.4 Å². The Morgan fingerprint density at radius 1 is 1.00 bits per heavy atom. The van der Waals surface area contributed by atoms with E-state index in [2.05, 4.69) is 0 Å². The van der Waals surface area contributed by atoms with Gasteiger partial charge in [-0.25, -0.2) is 0 Å². The average Bonchev–Trinajstić information content (AvgIpc) is 3.33. The Balaban J connectivity index is 1.74. The molecule has 6 heteroatoms. The Morgan fingerprint density at radius 3 is 2.10 bits per heavy atom. The Morgan fingerprint density at radius 2 is 1.60 bits per heavy atom. The van der Waals surface area contributed by atoms with E-state index in [4.69, 9.17) is 0 Å². The van der Waals surface area contributed by atoms with E-state index in [1.807, 2.05) is 0 Å². The lowest BCUT2D eigenvalue weighted by atomic mass is 10.1. The largest absolute Gasteiger partial charge is 0.395 e. The highest BCUT2D eigenvalue weighted by molar-refractivity contribution is 7.86. The molecule has 0 spiro atoms. The van der Waals surface area contributed by atoms with Crippen LogP contribution in [0.15, 0.2) is 0 Å². The van der Waals surface area contributed by atoms with Crippen LogP contribution in [0.5, 0.6) is 0 Å². The molecule has 20 heavy (non-hydrogen) atoms. The third-order valence-corrected chi connectivity index (χ3v) is 6.75. The van der Waals surface area contributed by atoms with E-state index in [1.165, 1.54) is 25.7 Å². The lowest BCUT2D eigenvalue weighted by Gasteiger charge is -2.37. The van der Waals surface area contributed by atoms with Crippen LogP contribution in [-0.2, 0) is 10.2 Å². The van der Waals surface area contributed by atoms with Gasteiger partial charge in [-0.1, -0.05) is 6.42 Å². The van der Waals surface area contributed by atoms with Crippen molar-refractivity contribution in [3.63, 3.8) is 0 Å². The summed E-state index contributed by atoms with van der Waals surface area (Å²) >= 11 is 0. The van der Waals surface area contributed by atoms with Gasteiger partial charge in [0.2, 0.25) is 0 Å². The molecule has 2 aliphatic carbocycles. The molecule has 2 saturated carbocycles. The highest BCUT2D eigenvalue weighted by Gasteiger charge is 2.40. The smallest absolute Gasteiger partial charge is 0.282 e. The van der Waals surface area contributed by atoms with Gasteiger partial charge in [0.15, 0.2) is 0 Å². The molecule has 0 aromatic rings. The van der Waals surface area contributed by atoms with Gasteiger partial charge in [0.05, 0.1) is 6.61 Å². The Kier molecular flexibility index (Phi) is 4.36. The maximum atomic E-state index is 12.9. The second-order valence-electron chi connectivity index (χ2n) is 6.65. The van der Waals surface area contributed by atoms with Crippen LogP contribution in [0, 0.1) is 11.8 Å². The zero-order valence-electron chi connectivity index (χ0n) is 12.1. The first-order chi connectivity index (χ1) is 9.61. The van der Waals surface area contributed by atoms with E-state index in [-0.39, 0.29) is 12.6 Å². The molecule has 116 valence electrons. The van der Waals surface area contributed by atoms with Gasteiger partial charge in [-0.3, -0.25) is 0 Å². The molecule has 3 rings (SSSR count). The molecule has 0 aromatic carbocycles. The monoisotopic (exact) mass is 302 g/mol. The van der Waals surface area contributed by atoms with Crippen molar-refractivity contribution < 1.29 is 13.5 Å². The third-order valence-electron chi connectivity index (χ3n) is 4.72. The molecule has 0 amide bonds. The van der Waals surface area contributed by atoms with E-state index in [0.29, 0.717) is 31.5 Å². The minimum Gasteiger partial charge on any atom is -0.395 e. The molecule has 1 saturated heterocycles. The van der Waals surface area contributed by atoms with Crippen molar-refractivity contribution >= 4 is 10.2 Å². The summed E-state index contributed by atoms with van der Waals surface area (Å²) in [6.45, 7) is 1.89. The van der Waals surface area contributed by atoms with Gasteiger partial charge in [0.1, 0.15) is 0 Å². The average molecular weight is 302 g/mol. The summed E-state index contributed by atoms with van der Waals surface area (Å²) in [7, 11) is -3.39. The summed E-state index contributed by atoms with van der Waals surface area (Å²) < 4.78 is 29.1. The molecule has 1 aliphatic heterocycles.